The normalized spacial score (nSPS) is 10.6. The van der Waals surface area contributed by atoms with E-state index in [1.54, 1.807) is 48.5 Å². The fourth-order valence-electron chi connectivity index (χ4n) is 2.48. The molecule has 0 bridgehead atoms. The van der Waals surface area contributed by atoms with Crippen LogP contribution < -0.4 is 10.7 Å². The number of nitrogens with zero attached hydrogens (tertiary/aromatic N) is 1. The molecule has 3 rings (SSSR count). The van der Waals surface area contributed by atoms with Gasteiger partial charge in [0.15, 0.2) is 0 Å². The highest BCUT2D eigenvalue weighted by atomic mass is 16.3. The van der Waals surface area contributed by atoms with Crippen molar-refractivity contribution < 1.29 is 14.7 Å². The van der Waals surface area contributed by atoms with E-state index in [1.807, 2.05) is 19.1 Å². The predicted octanol–water partition coefficient (Wildman–Crippen LogP) is 3.72. The molecule has 0 radical (unpaired) electrons. The Morgan fingerprint density at radius 1 is 0.893 bits per heavy atom. The summed E-state index contributed by atoms with van der Waals surface area (Å²) >= 11 is 0. The minimum atomic E-state index is -0.449. The maximum Gasteiger partial charge on any atom is 0.273 e. The molecule has 0 saturated heterocycles. The Hall–Kier alpha value is -3.93. The standard InChI is InChI=1S/C22H19N3O3/c1-15-6-10-17(11-7-15)21(27)24-20-5-3-2-4-19(20)22(28)25-23-14-16-8-12-18(26)13-9-16/h2-14,26H,1H3,(H,24,27)(H,25,28)/b23-14+. The zero-order chi connectivity index (χ0) is 19.9. The van der Waals surface area contributed by atoms with E-state index in [0.717, 1.165) is 11.1 Å². The largest absolute Gasteiger partial charge is 0.508 e. The van der Waals surface area contributed by atoms with Gasteiger partial charge in [-0.05, 0) is 61.0 Å². The first-order valence-electron chi connectivity index (χ1n) is 8.62. The molecule has 0 aromatic heterocycles. The van der Waals surface area contributed by atoms with E-state index in [1.165, 1.54) is 18.3 Å². The molecule has 3 N–H and O–H groups in total. The van der Waals surface area contributed by atoms with Gasteiger partial charge in [-0.25, -0.2) is 5.43 Å². The summed E-state index contributed by atoms with van der Waals surface area (Å²) in [6, 6.07) is 20.3. The molecule has 0 aliphatic rings. The van der Waals surface area contributed by atoms with Crippen LogP contribution in [0.5, 0.6) is 5.75 Å². The molecule has 28 heavy (non-hydrogen) atoms. The number of phenols is 1. The molecule has 6 heteroatoms. The number of aromatic hydroxyl groups is 1. The quantitative estimate of drug-likeness (QED) is 0.470. The number of carbonyl (C=O) groups excluding carboxylic acids is 2. The molecule has 140 valence electrons. The van der Waals surface area contributed by atoms with Crippen LogP contribution >= 0.6 is 0 Å². The van der Waals surface area contributed by atoms with Crippen LogP contribution in [0, 0.1) is 6.92 Å². The van der Waals surface area contributed by atoms with Crippen LogP contribution in [0.3, 0.4) is 0 Å². The molecule has 0 heterocycles. The van der Waals surface area contributed by atoms with Crippen LogP contribution in [-0.4, -0.2) is 23.1 Å². The van der Waals surface area contributed by atoms with E-state index in [0.29, 0.717) is 16.8 Å². The smallest absolute Gasteiger partial charge is 0.273 e. The third-order valence-electron chi connectivity index (χ3n) is 4.01. The molecule has 0 saturated carbocycles. The number of hydrazone groups is 1. The molecule has 0 spiro atoms. The Morgan fingerprint density at radius 2 is 1.57 bits per heavy atom. The number of carbonyl (C=O) groups is 2. The second-order valence-electron chi connectivity index (χ2n) is 6.16. The summed E-state index contributed by atoms with van der Waals surface area (Å²) in [6.45, 7) is 1.94. The van der Waals surface area contributed by atoms with Crippen LogP contribution in [0.1, 0.15) is 31.8 Å². The van der Waals surface area contributed by atoms with E-state index < -0.39 is 5.91 Å². The molecule has 0 aliphatic carbocycles. The van der Waals surface area contributed by atoms with Gasteiger partial charge >= 0.3 is 0 Å². The van der Waals surface area contributed by atoms with Crippen molar-refractivity contribution in [1.29, 1.82) is 0 Å². The molecule has 2 amide bonds. The van der Waals surface area contributed by atoms with E-state index >= 15 is 0 Å². The zero-order valence-corrected chi connectivity index (χ0v) is 15.2. The van der Waals surface area contributed by atoms with E-state index in [4.69, 9.17) is 0 Å². The zero-order valence-electron chi connectivity index (χ0n) is 15.2. The van der Waals surface area contributed by atoms with Crippen molar-refractivity contribution in [2.45, 2.75) is 6.92 Å². The lowest BCUT2D eigenvalue weighted by Gasteiger charge is -2.10. The number of phenolic OH excluding ortho intramolecular Hbond substituents is 1. The Bertz CT molecular complexity index is 1010. The number of benzene rings is 3. The summed E-state index contributed by atoms with van der Waals surface area (Å²) in [4.78, 5) is 24.9. The lowest BCUT2D eigenvalue weighted by molar-refractivity contribution is 0.0956. The number of hydrogen-bond donors (Lipinski definition) is 3. The minimum Gasteiger partial charge on any atom is -0.508 e. The van der Waals surface area contributed by atoms with Crippen molar-refractivity contribution in [3.63, 3.8) is 0 Å². The van der Waals surface area contributed by atoms with Gasteiger partial charge in [0, 0.05) is 5.56 Å². The first-order chi connectivity index (χ1) is 13.5. The molecule has 6 nitrogen and oxygen atoms in total. The van der Waals surface area contributed by atoms with Crippen LogP contribution in [0.2, 0.25) is 0 Å². The minimum absolute atomic E-state index is 0.152. The Morgan fingerprint density at radius 3 is 2.29 bits per heavy atom. The summed E-state index contributed by atoms with van der Waals surface area (Å²) in [5.74, 6) is -0.595. The maximum absolute atomic E-state index is 12.5. The van der Waals surface area contributed by atoms with E-state index in [-0.39, 0.29) is 11.7 Å². The third-order valence-corrected chi connectivity index (χ3v) is 4.01. The first kappa shape index (κ1) is 18.8. The average molecular weight is 373 g/mol. The summed E-state index contributed by atoms with van der Waals surface area (Å²) in [5.41, 5.74) is 5.42. The van der Waals surface area contributed by atoms with Gasteiger partial charge in [-0.2, -0.15) is 5.10 Å². The molecule has 0 fully saturated rings. The van der Waals surface area contributed by atoms with Crippen molar-refractivity contribution in [3.8, 4) is 5.75 Å². The van der Waals surface area contributed by atoms with E-state index in [2.05, 4.69) is 15.8 Å². The number of amides is 2. The topological polar surface area (TPSA) is 90.8 Å². The number of anilines is 1. The first-order valence-corrected chi connectivity index (χ1v) is 8.62. The Labute approximate surface area is 162 Å². The van der Waals surface area contributed by atoms with Gasteiger partial charge < -0.3 is 10.4 Å². The van der Waals surface area contributed by atoms with Crippen molar-refractivity contribution in [1.82, 2.24) is 5.43 Å². The number of aryl methyl sites for hydroxylation is 1. The van der Waals surface area contributed by atoms with Crippen molar-refractivity contribution in [3.05, 3.63) is 95.1 Å². The summed E-state index contributed by atoms with van der Waals surface area (Å²) in [6.07, 6.45) is 1.46. The van der Waals surface area contributed by atoms with Crippen molar-refractivity contribution in [2.24, 2.45) is 5.10 Å². The Kier molecular flexibility index (Phi) is 5.81. The fourth-order valence-corrected chi connectivity index (χ4v) is 2.48. The van der Waals surface area contributed by atoms with Gasteiger partial charge in [0.1, 0.15) is 5.75 Å². The summed E-state index contributed by atoms with van der Waals surface area (Å²) in [7, 11) is 0. The van der Waals surface area contributed by atoms with Gasteiger partial charge in [-0.3, -0.25) is 9.59 Å². The van der Waals surface area contributed by atoms with Crippen molar-refractivity contribution >= 4 is 23.7 Å². The highest BCUT2D eigenvalue weighted by Gasteiger charge is 2.13. The summed E-state index contributed by atoms with van der Waals surface area (Å²) in [5, 5.41) is 15.9. The molecule has 3 aromatic carbocycles. The summed E-state index contributed by atoms with van der Waals surface area (Å²) < 4.78 is 0. The number of hydrogen-bond acceptors (Lipinski definition) is 4. The monoisotopic (exact) mass is 373 g/mol. The van der Waals surface area contributed by atoms with Gasteiger partial charge in [-0.15, -0.1) is 0 Å². The second kappa shape index (κ2) is 8.64. The van der Waals surface area contributed by atoms with Crippen LogP contribution in [0.25, 0.3) is 0 Å². The maximum atomic E-state index is 12.5. The van der Waals surface area contributed by atoms with Crippen molar-refractivity contribution in [2.75, 3.05) is 5.32 Å². The van der Waals surface area contributed by atoms with Crippen LogP contribution in [0.15, 0.2) is 77.9 Å². The van der Waals surface area contributed by atoms with Gasteiger partial charge in [0.05, 0.1) is 17.5 Å². The van der Waals surface area contributed by atoms with Crippen LogP contribution in [0.4, 0.5) is 5.69 Å². The molecule has 0 atom stereocenters. The molecule has 3 aromatic rings. The van der Waals surface area contributed by atoms with Gasteiger partial charge in [0.25, 0.3) is 11.8 Å². The Balaban J connectivity index is 1.70. The molecule has 0 unspecified atom stereocenters. The number of rotatable bonds is 5. The van der Waals surface area contributed by atoms with Gasteiger partial charge in [0.2, 0.25) is 0 Å². The van der Waals surface area contributed by atoms with Crippen LogP contribution in [-0.2, 0) is 0 Å². The predicted molar refractivity (Wildman–Crippen MR) is 109 cm³/mol. The van der Waals surface area contributed by atoms with Gasteiger partial charge in [-0.1, -0.05) is 29.8 Å². The molecular formula is C22H19N3O3. The lowest BCUT2D eigenvalue weighted by atomic mass is 10.1. The highest BCUT2D eigenvalue weighted by molar-refractivity contribution is 6.09. The fraction of sp³-hybridized carbons (Fsp3) is 0.0455. The van der Waals surface area contributed by atoms with E-state index in [9.17, 15) is 14.7 Å². The third kappa shape index (κ3) is 4.82. The SMILES string of the molecule is Cc1ccc(C(=O)Nc2ccccc2C(=O)N/N=C/c2ccc(O)cc2)cc1. The number of nitrogens with one attached hydrogen (secondary N) is 2. The average Bonchev–Trinajstić information content (AvgIpc) is 2.70. The number of para-hydroxylation sites is 1. The molecule has 0 aliphatic heterocycles. The lowest BCUT2D eigenvalue weighted by Crippen LogP contribution is -2.21. The molecular weight excluding hydrogens is 354 g/mol. The highest BCUT2D eigenvalue weighted by Crippen LogP contribution is 2.16. The second-order valence-corrected chi connectivity index (χ2v) is 6.16.